The number of carbonyl (C=O) groups is 1. The third-order valence-corrected chi connectivity index (χ3v) is 5.10. The summed E-state index contributed by atoms with van der Waals surface area (Å²) in [6.45, 7) is 3.55. The lowest BCUT2D eigenvalue weighted by Gasteiger charge is -2.13. The second-order valence-corrected chi connectivity index (χ2v) is 6.98. The molecule has 1 aliphatic rings. The number of nitrogens with one attached hydrogen (secondary N) is 1. The monoisotopic (exact) mass is 297 g/mol. The molecule has 6 heteroatoms. The largest absolute Gasteiger partial charge is 0.469 e. The average Bonchev–Trinajstić information content (AvgIpc) is 2.79. The highest BCUT2D eigenvalue weighted by molar-refractivity contribution is 7.89. The molecule has 0 spiro atoms. The van der Waals surface area contributed by atoms with Crippen LogP contribution in [-0.2, 0) is 32.4 Å². The number of carbonyl (C=O) groups excluding carboxylic acids is 1. The summed E-state index contributed by atoms with van der Waals surface area (Å²) in [6.07, 6.45) is 0.949. The smallest absolute Gasteiger partial charge is 0.309 e. The fourth-order valence-corrected chi connectivity index (χ4v) is 4.12. The highest BCUT2D eigenvalue weighted by Gasteiger charge is 2.32. The maximum absolute atomic E-state index is 12.3. The number of hydrogen-bond donors (Lipinski definition) is 1. The number of hydrogen-bond acceptors (Lipinski definition) is 4. The lowest BCUT2D eigenvalue weighted by molar-refractivity contribution is -0.145. The molecule has 1 atom stereocenters. The molecule has 1 aliphatic carbocycles. The number of ether oxygens (including phenoxy) is 1. The molecular weight excluding hydrogens is 278 g/mol. The number of sulfonamides is 1. The van der Waals surface area contributed by atoms with Crippen LogP contribution in [0.25, 0.3) is 0 Å². The Hall–Kier alpha value is -1.40. The highest BCUT2D eigenvalue weighted by atomic mass is 32.2. The fourth-order valence-electron chi connectivity index (χ4n) is 2.58. The van der Waals surface area contributed by atoms with E-state index in [4.69, 9.17) is 4.74 Å². The van der Waals surface area contributed by atoms with Crippen molar-refractivity contribution in [3.8, 4) is 0 Å². The Balaban J connectivity index is 2.38. The zero-order chi connectivity index (χ0) is 14.9. The number of fused-ring (bicyclic) bond motifs is 1. The summed E-state index contributed by atoms with van der Waals surface area (Å²) in [5.41, 5.74) is 1.64. The minimum absolute atomic E-state index is 0.173. The molecule has 0 fully saturated rings. The van der Waals surface area contributed by atoms with Crippen LogP contribution in [0.4, 0.5) is 0 Å². The predicted molar refractivity (Wildman–Crippen MR) is 74.8 cm³/mol. The number of esters is 1. The molecule has 0 amide bonds. The molecule has 1 N–H and O–H groups in total. The van der Waals surface area contributed by atoms with Crippen LogP contribution in [0.15, 0.2) is 23.1 Å². The third-order valence-electron chi connectivity index (χ3n) is 3.36. The van der Waals surface area contributed by atoms with Gasteiger partial charge in [0.15, 0.2) is 0 Å². The SMILES string of the molecule is COC(=O)[C@H]1Cc2cccc(S(=O)(=O)NC(C)C)c2C1. The summed E-state index contributed by atoms with van der Waals surface area (Å²) in [5.74, 6) is -0.577. The van der Waals surface area contributed by atoms with Crippen molar-refractivity contribution >= 4 is 16.0 Å². The van der Waals surface area contributed by atoms with E-state index in [0.29, 0.717) is 12.8 Å². The second kappa shape index (κ2) is 5.54. The van der Waals surface area contributed by atoms with Gasteiger partial charge in [0.1, 0.15) is 0 Å². The predicted octanol–water partition coefficient (Wildman–Crippen LogP) is 1.26. The molecule has 0 aromatic heterocycles. The van der Waals surface area contributed by atoms with Crippen LogP contribution in [0, 0.1) is 5.92 Å². The van der Waals surface area contributed by atoms with E-state index in [2.05, 4.69) is 4.72 Å². The molecule has 0 unspecified atom stereocenters. The van der Waals surface area contributed by atoms with E-state index in [0.717, 1.165) is 11.1 Å². The van der Waals surface area contributed by atoms with Gasteiger partial charge in [-0.1, -0.05) is 12.1 Å². The maximum Gasteiger partial charge on any atom is 0.309 e. The van der Waals surface area contributed by atoms with Crippen molar-refractivity contribution in [3.05, 3.63) is 29.3 Å². The Morgan fingerprint density at radius 3 is 2.65 bits per heavy atom. The van der Waals surface area contributed by atoms with Gasteiger partial charge in [-0.2, -0.15) is 0 Å². The molecule has 0 radical (unpaired) electrons. The van der Waals surface area contributed by atoms with Gasteiger partial charge in [-0.15, -0.1) is 0 Å². The van der Waals surface area contributed by atoms with Gasteiger partial charge in [0, 0.05) is 6.04 Å². The van der Waals surface area contributed by atoms with Gasteiger partial charge in [-0.25, -0.2) is 13.1 Å². The fraction of sp³-hybridized carbons (Fsp3) is 0.500. The average molecular weight is 297 g/mol. The van der Waals surface area contributed by atoms with E-state index >= 15 is 0 Å². The Morgan fingerprint density at radius 1 is 1.35 bits per heavy atom. The van der Waals surface area contributed by atoms with Gasteiger partial charge in [0.2, 0.25) is 10.0 Å². The van der Waals surface area contributed by atoms with Crippen molar-refractivity contribution in [1.82, 2.24) is 4.72 Å². The van der Waals surface area contributed by atoms with Crippen LogP contribution in [0.1, 0.15) is 25.0 Å². The number of rotatable bonds is 4. The van der Waals surface area contributed by atoms with Crippen molar-refractivity contribution in [1.29, 1.82) is 0 Å². The topological polar surface area (TPSA) is 72.5 Å². The van der Waals surface area contributed by atoms with Gasteiger partial charge in [-0.3, -0.25) is 4.79 Å². The van der Waals surface area contributed by atoms with E-state index in [1.54, 1.807) is 26.0 Å². The zero-order valence-corrected chi connectivity index (χ0v) is 12.7. The van der Waals surface area contributed by atoms with E-state index < -0.39 is 10.0 Å². The first kappa shape index (κ1) is 15.0. The highest BCUT2D eigenvalue weighted by Crippen LogP contribution is 2.32. The number of methoxy groups -OCH3 is 1. The Kier molecular flexibility index (Phi) is 4.15. The van der Waals surface area contributed by atoms with Crippen molar-refractivity contribution in [2.24, 2.45) is 5.92 Å². The van der Waals surface area contributed by atoms with Crippen LogP contribution >= 0.6 is 0 Å². The first-order valence-electron chi connectivity index (χ1n) is 6.56. The van der Waals surface area contributed by atoms with E-state index in [-0.39, 0.29) is 22.8 Å². The molecule has 1 aromatic carbocycles. The normalized spacial score (nSPS) is 18.1. The van der Waals surface area contributed by atoms with E-state index in [9.17, 15) is 13.2 Å². The second-order valence-electron chi connectivity index (χ2n) is 5.30. The van der Waals surface area contributed by atoms with Gasteiger partial charge in [0.25, 0.3) is 0 Å². The zero-order valence-electron chi connectivity index (χ0n) is 11.8. The Bertz CT molecular complexity index is 622. The first-order chi connectivity index (χ1) is 9.35. The number of benzene rings is 1. The van der Waals surface area contributed by atoms with Crippen LogP contribution in [0.5, 0.6) is 0 Å². The summed E-state index contributed by atoms with van der Waals surface area (Å²) >= 11 is 0. The first-order valence-corrected chi connectivity index (χ1v) is 8.04. The summed E-state index contributed by atoms with van der Waals surface area (Å²) in [4.78, 5) is 11.9. The van der Waals surface area contributed by atoms with Crippen molar-refractivity contribution in [3.63, 3.8) is 0 Å². The molecule has 0 aliphatic heterocycles. The molecule has 2 rings (SSSR count). The molecule has 0 saturated heterocycles. The van der Waals surface area contributed by atoms with Crippen LogP contribution in [0.3, 0.4) is 0 Å². The quantitative estimate of drug-likeness (QED) is 0.849. The molecule has 0 saturated carbocycles. The van der Waals surface area contributed by atoms with E-state index in [1.165, 1.54) is 7.11 Å². The molecule has 0 heterocycles. The Labute approximate surface area is 119 Å². The molecule has 0 bridgehead atoms. The van der Waals surface area contributed by atoms with Crippen LogP contribution in [0.2, 0.25) is 0 Å². The van der Waals surface area contributed by atoms with Gasteiger partial charge < -0.3 is 4.74 Å². The minimum atomic E-state index is -3.54. The van der Waals surface area contributed by atoms with Crippen LogP contribution in [-0.4, -0.2) is 27.5 Å². The van der Waals surface area contributed by atoms with Crippen molar-refractivity contribution < 1.29 is 17.9 Å². The van der Waals surface area contributed by atoms with Gasteiger partial charge in [0.05, 0.1) is 17.9 Å². The van der Waals surface area contributed by atoms with Crippen molar-refractivity contribution in [2.45, 2.75) is 37.6 Å². The molecule has 110 valence electrons. The molecule has 1 aromatic rings. The molecular formula is C14H19NO4S. The summed E-state index contributed by atoms with van der Waals surface area (Å²) in [7, 11) is -2.19. The molecule has 20 heavy (non-hydrogen) atoms. The summed E-state index contributed by atoms with van der Waals surface area (Å²) in [6, 6.07) is 5.00. The minimum Gasteiger partial charge on any atom is -0.469 e. The van der Waals surface area contributed by atoms with Crippen LogP contribution < -0.4 is 4.72 Å². The lowest BCUT2D eigenvalue weighted by Crippen LogP contribution is -2.31. The Morgan fingerprint density at radius 2 is 2.05 bits per heavy atom. The maximum atomic E-state index is 12.3. The van der Waals surface area contributed by atoms with Crippen molar-refractivity contribution in [2.75, 3.05) is 7.11 Å². The van der Waals surface area contributed by atoms with E-state index in [1.807, 2.05) is 6.07 Å². The summed E-state index contributed by atoms with van der Waals surface area (Å²) in [5, 5.41) is 0. The lowest BCUT2D eigenvalue weighted by atomic mass is 10.1. The standard InChI is InChI=1S/C14H19NO4S/c1-9(2)15-20(17,18)13-6-4-5-10-7-11(8-12(10)13)14(16)19-3/h4-6,9,11,15H,7-8H2,1-3H3/t11-/m0/s1. The summed E-state index contributed by atoms with van der Waals surface area (Å²) < 4.78 is 32.0. The third kappa shape index (κ3) is 2.86. The van der Waals surface area contributed by atoms with Gasteiger partial charge >= 0.3 is 5.97 Å². The van der Waals surface area contributed by atoms with Gasteiger partial charge in [-0.05, 0) is 43.9 Å². The molecule has 5 nitrogen and oxygen atoms in total.